The predicted octanol–water partition coefficient (Wildman–Crippen LogP) is 0.913. The van der Waals surface area contributed by atoms with Crippen LogP contribution in [0.4, 0.5) is 14.6 Å². The lowest BCUT2D eigenvalue weighted by Gasteiger charge is -2.34. The SMILES string of the molecule is O=S(=O)(c1ccc(F)cc1F)N1CCN(c2ccc3nncn3n2)CC1. The Kier molecular flexibility index (Phi) is 4.04. The molecule has 0 unspecified atom stereocenters. The Hall–Kier alpha value is -2.66. The molecule has 8 nitrogen and oxygen atoms in total. The summed E-state index contributed by atoms with van der Waals surface area (Å²) in [5, 5.41) is 12.0. The van der Waals surface area contributed by atoms with E-state index < -0.39 is 26.6 Å². The van der Waals surface area contributed by atoms with Crippen LogP contribution in [-0.2, 0) is 10.0 Å². The molecule has 0 spiro atoms. The van der Waals surface area contributed by atoms with E-state index in [1.807, 2.05) is 4.90 Å². The second-order valence-electron chi connectivity index (χ2n) is 5.79. The average molecular weight is 380 g/mol. The number of anilines is 1. The van der Waals surface area contributed by atoms with Gasteiger partial charge in [0.05, 0.1) is 0 Å². The van der Waals surface area contributed by atoms with E-state index in [9.17, 15) is 17.2 Å². The van der Waals surface area contributed by atoms with Crippen molar-refractivity contribution in [2.75, 3.05) is 31.1 Å². The molecule has 2 aromatic heterocycles. The van der Waals surface area contributed by atoms with E-state index in [1.54, 1.807) is 12.1 Å². The number of halogens is 2. The highest BCUT2D eigenvalue weighted by atomic mass is 32.2. The van der Waals surface area contributed by atoms with Crippen LogP contribution in [0.25, 0.3) is 5.65 Å². The Bertz CT molecular complexity index is 1060. The van der Waals surface area contributed by atoms with Crippen LogP contribution < -0.4 is 4.90 Å². The summed E-state index contributed by atoms with van der Waals surface area (Å²) in [6, 6.07) is 6.01. The first-order chi connectivity index (χ1) is 12.4. The summed E-state index contributed by atoms with van der Waals surface area (Å²) in [5.41, 5.74) is 0.613. The highest BCUT2D eigenvalue weighted by molar-refractivity contribution is 7.89. The Balaban J connectivity index is 1.52. The maximum absolute atomic E-state index is 13.9. The highest BCUT2D eigenvalue weighted by Crippen LogP contribution is 2.22. The second kappa shape index (κ2) is 6.25. The lowest BCUT2D eigenvalue weighted by Crippen LogP contribution is -2.49. The fourth-order valence-corrected chi connectivity index (χ4v) is 4.34. The molecule has 136 valence electrons. The molecule has 1 saturated heterocycles. The molecule has 3 aromatic rings. The quantitative estimate of drug-likeness (QED) is 0.672. The normalized spacial score (nSPS) is 16.3. The molecule has 1 aliphatic heterocycles. The number of aromatic nitrogens is 4. The molecule has 26 heavy (non-hydrogen) atoms. The summed E-state index contributed by atoms with van der Waals surface area (Å²) in [4.78, 5) is 1.41. The summed E-state index contributed by atoms with van der Waals surface area (Å²) in [6.07, 6.45) is 1.48. The van der Waals surface area contributed by atoms with E-state index in [4.69, 9.17) is 0 Å². The summed E-state index contributed by atoms with van der Waals surface area (Å²) < 4.78 is 54.9. The van der Waals surface area contributed by atoms with Gasteiger partial charge in [-0.3, -0.25) is 0 Å². The van der Waals surface area contributed by atoms with Crippen LogP contribution in [0.1, 0.15) is 0 Å². The molecule has 0 N–H and O–H groups in total. The number of fused-ring (bicyclic) bond motifs is 1. The molecule has 1 aliphatic rings. The van der Waals surface area contributed by atoms with Crippen molar-refractivity contribution in [3.8, 4) is 0 Å². The van der Waals surface area contributed by atoms with Crippen LogP contribution in [0.15, 0.2) is 41.6 Å². The number of benzene rings is 1. The van der Waals surface area contributed by atoms with E-state index in [0.29, 0.717) is 30.6 Å². The highest BCUT2D eigenvalue weighted by Gasteiger charge is 2.31. The first kappa shape index (κ1) is 16.8. The van der Waals surface area contributed by atoms with Gasteiger partial charge in [-0.25, -0.2) is 17.2 Å². The van der Waals surface area contributed by atoms with Crippen LogP contribution in [0.3, 0.4) is 0 Å². The van der Waals surface area contributed by atoms with E-state index in [0.717, 1.165) is 12.1 Å². The zero-order valence-electron chi connectivity index (χ0n) is 13.5. The van der Waals surface area contributed by atoms with Gasteiger partial charge in [0, 0.05) is 32.2 Å². The molecule has 0 saturated carbocycles. The van der Waals surface area contributed by atoms with Gasteiger partial charge in [0.25, 0.3) is 0 Å². The van der Waals surface area contributed by atoms with Crippen molar-refractivity contribution in [2.24, 2.45) is 0 Å². The zero-order valence-corrected chi connectivity index (χ0v) is 14.3. The van der Waals surface area contributed by atoms with Gasteiger partial charge in [0.2, 0.25) is 10.0 Å². The van der Waals surface area contributed by atoms with Crippen LogP contribution in [-0.4, -0.2) is 58.7 Å². The summed E-state index contributed by atoms with van der Waals surface area (Å²) >= 11 is 0. The molecule has 4 rings (SSSR count). The third-order valence-electron chi connectivity index (χ3n) is 4.22. The van der Waals surface area contributed by atoms with Crippen molar-refractivity contribution in [1.29, 1.82) is 0 Å². The van der Waals surface area contributed by atoms with E-state index >= 15 is 0 Å². The Morgan fingerprint density at radius 1 is 1.00 bits per heavy atom. The summed E-state index contributed by atoms with van der Waals surface area (Å²) in [6.45, 7) is 1.12. The third kappa shape index (κ3) is 2.88. The smallest absolute Gasteiger partial charge is 0.246 e. The Labute approximate surface area is 147 Å². The second-order valence-corrected chi connectivity index (χ2v) is 7.70. The molecule has 1 fully saturated rings. The van der Waals surface area contributed by atoms with Gasteiger partial charge in [-0.15, -0.1) is 15.3 Å². The van der Waals surface area contributed by atoms with Crippen LogP contribution in [0.2, 0.25) is 0 Å². The Morgan fingerprint density at radius 3 is 2.50 bits per heavy atom. The van der Waals surface area contributed by atoms with E-state index in [-0.39, 0.29) is 13.1 Å². The maximum atomic E-state index is 13.9. The first-order valence-corrected chi connectivity index (χ1v) is 9.26. The molecule has 0 amide bonds. The summed E-state index contributed by atoms with van der Waals surface area (Å²) in [7, 11) is -4.02. The fourth-order valence-electron chi connectivity index (χ4n) is 2.87. The number of sulfonamides is 1. The minimum absolute atomic E-state index is 0.168. The largest absolute Gasteiger partial charge is 0.353 e. The van der Waals surface area contributed by atoms with Gasteiger partial charge < -0.3 is 4.90 Å². The molecule has 0 aliphatic carbocycles. The van der Waals surface area contributed by atoms with Crippen molar-refractivity contribution in [2.45, 2.75) is 4.90 Å². The first-order valence-electron chi connectivity index (χ1n) is 7.82. The van der Waals surface area contributed by atoms with Crippen molar-refractivity contribution < 1.29 is 17.2 Å². The molecule has 11 heteroatoms. The number of piperazine rings is 1. The number of hydrogen-bond donors (Lipinski definition) is 0. The fraction of sp³-hybridized carbons (Fsp3) is 0.267. The number of rotatable bonds is 3. The molecule has 1 aromatic carbocycles. The molecule has 0 bridgehead atoms. The predicted molar refractivity (Wildman–Crippen MR) is 88.1 cm³/mol. The van der Waals surface area contributed by atoms with Gasteiger partial charge in [-0.05, 0) is 24.3 Å². The average Bonchev–Trinajstić information content (AvgIpc) is 3.09. The summed E-state index contributed by atoms with van der Waals surface area (Å²) in [5.74, 6) is -1.24. The number of nitrogens with zero attached hydrogens (tertiary/aromatic N) is 6. The Morgan fingerprint density at radius 2 is 1.77 bits per heavy atom. The third-order valence-corrected chi connectivity index (χ3v) is 6.15. The van der Waals surface area contributed by atoms with E-state index in [2.05, 4.69) is 15.3 Å². The van der Waals surface area contributed by atoms with Crippen LogP contribution >= 0.6 is 0 Å². The lowest BCUT2D eigenvalue weighted by atomic mass is 10.3. The van der Waals surface area contributed by atoms with Crippen molar-refractivity contribution in [3.05, 3.63) is 48.3 Å². The molecular formula is C15H14F2N6O2S. The van der Waals surface area contributed by atoms with Crippen molar-refractivity contribution in [1.82, 2.24) is 24.1 Å². The topological polar surface area (TPSA) is 83.7 Å². The van der Waals surface area contributed by atoms with E-state index in [1.165, 1.54) is 15.1 Å². The molecule has 3 heterocycles. The van der Waals surface area contributed by atoms with Crippen molar-refractivity contribution >= 4 is 21.5 Å². The molecule has 0 atom stereocenters. The lowest BCUT2D eigenvalue weighted by molar-refractivity contribution is 0.380. The zero-order chi connectivity index (χ0) is 18.3. The van der Waals surface area contributed by atoms with Gasteiger partial charge in [0.15, 0.2) is 5.65 Å². The van der Waals surface area contributed by atoms with Gasteiger partial charge in [0.1, 0.15) is 28.7 Å². The standard InChI is InChI=1S/C15H14F2N6O2S/c16-11-1-2-13(12(17)9-11)26(24,25)22-7-5-21(6-8-22)15-4-3-14-19-18-10-23(14)20-15/h1-4,9-10H,5-8H2. The van der Waals surface area contributed by atoms with Gasteiger partial charge in [-0.1, -0.05) is 0 Å². The minimum Gasteiger partial charge on any atom is -0.353 e. The number of hydrogen-bond acceptors (Lipinski definition) is 6. The minimum atomic E-state index is -4.02. The van der Waals surface area contributed by atoms with Crippen LogP contribution in [0.5, 0.6) is 0 Å². The molecule has 0 radical (unpaired) electrons. The van der Waals surface area contributed by atoms with Gasteiger partial charge in [-0.2, -0.15) is 8.82 Å². The molecular weight excluding hydrogens is 366 g/mol. The van der Waals surface area contributed by atoms with Crippen LogP contribution in [0, 0.1) is 11.6 Å². The van der Waals surface area contributed by atoms with Crippen molar-refractivity contribution in [3.63, 3.8) is 0 Å². The maximum Gasteiger partial charge on any atom is 0.246 e. The van der Waals surface area contributed by atoms with Gasteiger partial charge >= 0.3 is 0 Å². The monoisotopic (exact) mass is 380 g/mol.